The van der Waals surface area contributed by atoms with Crippen molar-refractivity contribution in [2.75, 3.05) is 13.3 Å². The zero-order valence-corrected chi connectivity index (χ0v) is 4.55. The zero-order chi connectivity index (χ0) is 5.11. The van der Waals surface area contributed by atoms with Gasteiger partial charge >= 0.3 is 0 Å². The van der Waals surface area contributed by atoms with Gasteiger partial charge in [-0.2, -0.15) is 0 Å². The van der Waals surface area contributed by atoms with Crippen LogP contribution in [0.1, 0.15) is 13.3 Å². The second-order valence-electron chi connectivity index (χ2n) is 1.73. The minimum atomic E-state index is 0.431. The molecule has 0 saturated carbocycles. The molecule has 2 heteroatoms. The molecule has 1 saturated heterocycles. The highest BCUT2D eigenvalue weighted by Crippen LogP contribution is 2.00. The third kappa shape index (κ3) is 1.14. The summed E-state index contributed by atoms with van der Waals surface area (Å²) in [6.07, 6.45) is 1.53. The van der Waals surface area contributed by atoms with Gasteiger partial charge in [0.1, 0.15) is 6.73 Å². The van der Waals surface area contributed by atoms with Crippen molar-refractivity contribution < 1.29 is 4.74 Å². The second kappa shape index (κ2) is 2.28. The number of rotatable bonds is 1. The van der Waals surface area contributed by atoms with E-state index in [0.717, 1.165) is 13.0 Å². The molecule has 0 amide bonds. The fraction of sp³-hybridized carbons (Fsp3) is 1.00. The monoisotopic (exact) mass is 100 g/mol. The summed E-state index contributed by atoms with van der Waals surface area (Å²) >= 11 is 0. The van der Waals surface area contributed by atoms with Gasteiger partial charge < -0.3 is 4.74 Å². The van der Waals surface area contributed by atoms with Crippen molar-refractivity contribution in [1.29, 1.82) is 0 Å². The fourth-order valence-corrected chi connectivity index (χ4v) is 0.654. The summed E-state index contributed by atoms with van der Waals surface area (Å²) < 4.78 is 5.14. The standard InChI is InChI=1S/C5H10NO/c1-2-5-3-6-4-7-5/h5H,2-4H2,1H3. The van der Waals surface area contributed by atoms with Gasteiger partial charge in [-0.05, 0) is 6.42 Å². The summed E-state index contributed by atoms with van der Waals surface area (Å²) in [5.41, 5.74) is 0. The van der Waals surface area contributed by atoms with E-state index in [-0.39, 0.29) is 0 Å². The lowest BCUT2D eigenvalue weighted by molar-refractivity contribution is 0.110. The van der Waals surface area contributed by atoms with E-state index in [1.54, 1.807) is 0 Å². The van der Waals surface area contributed by atoms with Crippen molar-refractivity contribution in [2.24, 2.45) is 0 Å². The van der Waals surface area contributed by atoms with Gasteiger partial charge in [0, 0.05) is 6.54 Å². The SMILES string of the molecule is CCC1C[N]CO1. The Morgan fingerprint density at radius 1 is 1.86 bits per heavy atom. The molecular formula is C5H10NO. The Morgan fingerprint density at radius 3 is 3.00 bits per heavy atom. The Bertz CT molecular complexity index is 50.0. The topological polar surface area (TPSA) is 23.3 Å². The van der Waals surface area contributed by atoms with Gasteiger partial charge in [0.2, 0.25) is 0 Å². The predicted octanol–water partition coefficient (Wildman–Crippen LogP) is 0.357. The smallest absolute Gasteiger partial charge is 0.113 e. The molecule has 1 heterocycles. The first-order chi connectivity index (χ1) is 3.43. The van der Waals surface area contributed by atoms with Crippen molar-refractivity contribution >= 4 is 0 Å². The maximum Gasteiger partial charge on any atom is 0.113 e. The molecule has 1 aliphatic heterocycles. The lowest BCUT2D eigenvalue weighted by Crippen LogP contribution is -2.07. The van der Waals surface area contributed by atoms with Crippen LogP contribution in [0.2, 0.25) is 0 Å². The lowest BCUT2D eigenvalue weighted by atomic mass is 10.3. The van der Waals surface area contributed by atoms with Gasteiger partial charge in [-0.3, -0.25) is 0 Å². The van der Waals surface area contributed by atoms with Crippen molar-refractivity contribution in [3.8, 4) is 0 Å². The van der Waals surface area contributed by atoms with Crippen molar-refractivity contribution in [1.82, 2.24) is 5.32 Å². The Morgan fingerprint density at radius 2 is 2.71 bits per heavy atom. The Labute approximate surface area is 43.9 Å². The van der Waals surface area contributed by atoms with Crippen LogP contribution >= 0.6 is 0 Å². The third-order valence-corrected chi connectivity index (χ3v) is 1.19. The van der Waals surface area contributed by atoms with Gasteiger partial charge in [-0.1, -0.05) is 6.92 Å². The molecule has 41 valence electrons. The molecule has 7 heavy (non-hydrogen) atoms. The van der Waals surface area contributed by atoms with E-state index in [4.69, 9.17) is 4.74 Å². The molecule has 1 atom stereocenters. The average Bonchev–Trinajstić information content (AvgIpc) is 2.14. The van der Waals surface area contributed by atoms with E-state index in [2.05, 4.69) is 12.2 Å². The van der Waals surface area contributed by atoms with Gasteiger partial charge in [-0.25, -0.2) is 5.32 Å². The first-order valence-corrected chi connectivity index (χ1v) is 2.68. The molecule has 0 aromatic heterocycles. The van der Waals surface area contributed by atoms with E-state index >= 15 is 0 Å². The summed E-state index contributed by atoms with van der Waals surface area (Å²) in [6.45, 7) is 3.65. The van der Waals surface area contributed by atoms with Crippen molar-refractivity contribution in [3.63, 3.8) is 0 Å². The van der Waals surface area contributed by atoms with Crippen LogP contribution in [0.15, 0.2) is 0 Å². The van der Waals surface area contributed by atoms with Crippen molar-refractivity contribution in [3.05, 3.63) is 0 Å². The highest BCUT2D eigenvalue weighted by molar-refractivity contribution is 4.61. The van der Waals surface area contributed by atoms with Gasteiger partial charge in [-0.15, -0.1) is 0 Å². The normalized spacial score (nSPS) is 31.3. The first kappa shape index (κ1) is 5.06. The molecule has 1 rings (SSSR count). The minimum Gasteiger partial charge on any atom is -0.360 e. The molecule has 0 aromatic carbocycles. The Kier molecular flexibility index (Phi) is 1.65. The molecule has 0 aliphatic carbocycles. The van der Waals surface area contributed by atoms with E-state index in [0.29, 0.717) is 12.8 Å². The predicted molar refractivity (Wildman–Crippen MR) is 27.0 cm³/mol. The summed E-state index contributed by atoms with van der Waals surface area (Å²) in [6, 6.07) is 0. The Hall–Kier alpha value is -0.0800. The summed E-state index contributed by atoms with van der Waals surface area (Å²) in [5.74, 6) is 0. The van der Waals surface area contributed by atoms with Crippen LogP contribution in [-0.4, -0.2) is 19.4 Å². The van der Waals surface area contributed by atoms with E-state index in [1.807, 2.05) is 0 Å². The molecular weight excluding hydrogens is 90.1 g/mol. The largest absolute Gasteiger partial charge is 0.360 e. The number of hydrogen-bond acceptors (Lipinski definition) is 1. The molecule has 2 nitrogen and oxygen atoms in total. The fourth-order valence-electron chi connectivity index (χ4n) is 0.654. The quantitative estimate of drug-likeness (QED) is 0.466. The highest BCUT2D eigenvalue weighted by Gasteiger charge is 2.11. The molecule has 1 radical (unpaired) electrons. The van der Waals surface area contributed by atoms with E-state index in [1.165, 1.54) is 0 Å². The highest BCUT2D eigenvalue weighted by atomic mass is 16.5. The molecule has 0 aromatic rings. The number of ether oxygens (including phenoxy) is 1. The summed E-state index contributed by atoms with van der Waals surface area (Å²) in [7, 11) is 0. The minimum absolute atomic E-state index is 0.431. The van der Waals surface area contributed by atoms with Crippen LogP contribution in [0.25, 0.3) is 0 Å². The van der Waals surface area contributed by atoms with Crippen LogP contribution in [0.4, 0.5) is 0 Å². The van der Waals surface area contributed by atoms with Crippen LogP contribution in [0.5, 0.6) is 0 Å². The molecule has 0 spiro atoms. The second-order valence-corrected chi connectivity index (χ2v) is 1.73. The number of hydrogen-bond donors (Lipinski definition) is 0. The zero-order valence-electron chi connectivity index (χ0n) is 4.55. The van der Waals surface area contributed by atoms with Crippen LogP contribution < -0.4 is 5.32 Å². The lowest BCUT2D eigenvalue weighted by Gasteiger charge is -1.99. The third-order valence-electron chi connectivity index (χ3n) is 1.19. The molecule has 1 unspecified atom stereocenters. The van der Waals surface area contributed by atoms with Crippen LogP contribution in [0.3, 0.4) is 0 Å². The van der Waals surface area contributed by atoms with Gasteiger partial charge in [0.15, 0.2) is 0 Å². The average molecular weight is 100 g/mol. The first-order valence-electron chi connectivity index (χ1n) is 2.68. The Balaban J connectivity index is 2.14. The molecule has 0 bridgehead atoms. The van der Waals surface area contributed by atoms with Crippen LogP contribution in [-0.2, 0) is 4.74 Å². The van der Waals surface area contributed by atoms with Gasteiger partial charge in [0.05, 0.1) is 6.10 Å². The summed E-state index contributed by atoms with van der Waals surface area (Å²) in [5, 5.41) is 4.01. The molecule has 0 N–H and O–H groups in total. The van der Waals surface area contributed by atoms with E-state index in [9.17, 15) is 0 Å². The van der Waals surface area contributed by atoms with Crippen LogP contribution in [0, 0.1) is 0 Å². The molecule has 1 fully saturated rings. The van der Waals surface area contributed by atoms with Crippen molar-refractivity contribution in [2.45, 2.75) is 19.4 Å². The maximum atomic E-state index is 5.14. The number of nitrogens with zero attached hydrogens (tertiary/aromatic N) is 1. The maximum absolute atomic E-state index is 5.14. The summed E-state index contributed by atoms with van der Waals surface area (Å²) in [4.78, 5) is 0. The van der Waals surface area contributed by atoms with E-state index < -0.39 is 0 Å². The van der Waals surface area contributed by atoms with Gasteiger partial charge in [0.25, 0.3) is 0 Å². The molecule has 1 aliphatic rings.